The molecule has 3 aromatic rings. The Morgan fingerprint density at radius 3 is 2.43 bits per heavy atom. The normalized spacial score (nSPS) is 14.1. The van der Waals surface area contributed by atoms with Gasteiger partial charge in [-0.1, -0.05) is 0 Å². The van der Waals surface area contributed by atoms with E-state index in [-0.39, 0.29) is 11.8 Å². The van der Waals surface area contributed by atoms with E-state index in [1.165, 1.54) is 6.26 Å². The summed E-state index contributed by atoms with van der Waals surface area (Å²) in [6.07, 6.45) is 4.75. The van der Waals surface area contributed by atoms with Crippen LogP contribution in [0.5, 0.6) is 0 Å². The molecule has 28 heavy (non-hydrogen) atoms. The van der Waals surface area contributed by atoms with Crippen LogP contribution in [-0.2, 0) is 6.54 Å². The lowest BCUT2D eigenvalue weighted by Gasteiger charge is -2.35. The van der Waals surface area contributed by atoms with E-state index in [0.717, 1.165) is 5.69 Å². The summed E-state index contributed by atoms with van der Waals surface area (Å²) in [6.45, 7) is 2.91. The number of nitrogens with zero attached hydrogens (tertiary/aromatic N) is 3. The molecule has 4 rings (SSSR count). The SMILES string of the molecule is O=C(NCc1ccco1)c1ccc(N2CCN(C(=O)c3ccco3)CC2)cn1. The monoisotopic (exact) mass is 380 g/mol. The maximum Gasteiger partial charge on any atom is 0.289 e. The number of amides is 2. The number of rotatable bonds is 5. The van der Waals surface area contributed by atoms with Crippen LogP contribution >= 0.6 is 0 Å². The Balaban J connectivity index is 1.31. The summed E-state index contributed by atoms with van der Waals surface area (Å²) in [4.78, 5) is 32.7. The number of aromatic nitrogens is 1. The van der Waals surface area contributed by atoms with Crippen molar-refractivity contribution in [2.24, 2.45) is 0 Å². The molecule has 4 heterocycles. The number of pyridine rings is 1. The molecule has 0 spiro atoms. The average molecular weight is 380 g/mol. The first-order valence-electron chi connectivity index (χ1n) is 9.05. The van der Waals surface area contributed by atoms with Crippen molar-refractivity contribution in [2.45, 2.75) is 6.54 Å². The summed E-state index contributed by atoms with van der Waals surface area (Å²) < 4.78 is 10.4. The highest BCUT2D eigenvalue weighted by Gasteiger charge is 2.24. The van der Waals surface area contributed by atoms with E-state index >= 15 is 0 Å². The summed E-state index contributed by atoms with van der Waals surface area (Å²) >= 11 is 0. The predicted molar refractivity (Wildman–Crippen MR) is 101 cm³/mol. The average Bonchev–Trinajstić information content (AvgIpc) is 3.46. The summed E-state index contributed by atoms with van der Waals surface area (Å²) in [5.74, 6) is 0.704. The van der Waals surface area contributed by atoms with Gasteiger partial charge in [0.15, 0.2) is 5.76 Å². The summed E-state index contributed by atoms with van der Waals surface area (Å²) in [6, 6.07) is 10.5. The highest BCUT2D eigenvalue weighted by Crippen LogP contribution is 2.17. The zero-order valence-electron chi connectivity index (χ0n) is 15.2. The molecule has 144 valence electrons. The van der Waals surface area contributed by atoms with E-state index in [1.54, 1.807) is 47.7 Å². The molecule has 0 radical (unpaired) electrons. The van der Waals surface area contributed by atoms with Gasteiger partial charge in [-0.15, -0.1) is 0 Å². The lowest BCUT2D eigenvalue weighted by atomic mass is 10.2. The molecular formula is C20H20N4O4. The quantitative estimate of drug-likeness (QED) is 0.729. The maximum atomic E-state index is 12.3. The molecule has 3 aromatic heterocycles. The third-order valence-corrected chi connectivity index (χ3v) is 4.65. The van der Waals surface area contributed by atoms with Crippen LogP contribution in [0.4, 0.5) is 5.69 Å². The van der Waals surface area contributed by atoms with Gasteiger partial charge in [0.2, 0.25) is 0 Å². The van der Waals surface area contributed by atoms with E-state index in [0.29, 0.717) is 49.9 Å². The molecule has 8 heteroatoms. The third-order valence-electron chi connectivity index (χ3n) is 4.65. The van der Waals surface area contributed by atoms with Gasteiger partial charge < -0.3 is 24.0 Å². The van der Waals surface area contributed by atoms with Crippen molar-refractivity contribution in [1.82, 2.24) is 15.2 Å². The third kappa shape index (κ3) is 3.90. The predicted octanol–water partition coefficient (Wildman–Crippen LogP) is 2.16. The zero-order chi connectivity index (χ0) is 19.3. The summed E-state index contributed by atoms with van der Waals surface area (Å²) in [5.41, 5.74) is 1.27. The van der Waals surface area contributed by atoms with Crippen LogP contribution in [0.3, 0.4) is 0 Å². The van der Waals surface area contributed by atoms with Crippen molar-refractivity contribution in [2.75, 3.05) is 31.1 Å². The van der Waals surface area contributed by atoms with Crippen molar-refractivity contribution in [3.8, 4) is 0 Å². The second-order valence-corrected chi connectivity index (χ2v) is 6.42. The van der Waals surface area contributed by atoms with Crippen LogP contribution in [0.25, 0.3) is 0 Å². The lowest BCUT2D eigenvalue weighted by Crippen LogP contribution is -2.48. The van der Waals surface area contributed by atoms with Crippen molar-refractivity contribution in [1.29, 1.82) is 0 Å². The van der Waals surface area contributed by atoms with Gasteiger partial charge in [-0.25, -0.2) is 4.98 Å². The number of anilines is 1. The molecule has 0 unspecified atom stereocenters. The second kappa shape index (κ2) is 7.99. The van der Waals surface area contributed by atoms with Crippen LogP contribution in [-0.4, -0.2) is 47.9 Å². The number of carbonyl (C=O) groups is 2. The molecule has 0 bridgehead atoms. The van der Waals surface area contributed by atoms with Crippen molar-refractivity contribution >= 4 is 17.5 Å². The molecule has 1 aliphatic heterocycles. The first-order chi connectivity index (χ1) is 13.7. The largest absolute Gasteiger partial charge is 0.467 e. The number of piperazine rings is 1. The van der Waals surface area contributed by atoms with Gasteiger partial charge in [-0.2, -0.15) is 0 Å². The molecule has 1 fully saturated rings. The van der Waals surface area contributed by atoms with Gasteiger partial charge in [-0.05, 0) is 36.4 Å². The fourth-order valence-corrected chi connectivity index (χ4v) is 3.10. The zero-order valence-corrected chi connectivity index (χ0v) is 15.2. The molecule has 1 aliphatic rings. The van der Waals surface area contributed by atoms with Crippen LogP contribution in [0.2, 0.25) is 0 Å². The number of nitrogens with one attached hydrogen (secondary N) is 1. The molecular weight excluding hydrogens is 360 g/mol. The van der Waals surface area contributed by atoms with Gasteiger partial charge in [0.05, 0.1) is 31.0 Å². The van der Waals surface area contributed by atoms with Gasteiger partial charge in [0.1, 0.15) is 11.5 Å². The van der Waals surface area contributed by atoms with E-state index in [1.807, 2.05) is 6.07 Å². The smallest absolute Gasteiger partial charge is 0.289 e. The first kappa shape index (κ1) is 17.8. The Bertz CT molecular complexity index is 912. The first-order valence-corrected chi connectivity index (χ1v) is 9.05. The van der Waals surface area contributed by atoms with E-state index < -0.39 is 0 Å². The minimum absolute atomic E-state index is 0.0913. The van der Waals surface area contributed by atoms with Crippen LogP contribution in [0.15, 0.2) is 64.0 Å². The van der Waals surface area contributed by atoms with Crippen LogP contribution in [0.1, 0.15) is 26.8 Å². The molecule has 0 aliphatic carbocycles. The Kier molecular flexibility index (Phi) is 5.09. The van der Waals surface area contributed by atoms with Crippen molar-refractivity contribution in [3.63, 3.8) is 0 Å². The molecule has 8 nitrogen and oxygen atoms in total. The number of hydrogen-bond acceptors (Lipinski definition) is 6. The standard InChI is InChI=1S/C20H20N4O4/c25-19(22-14-16-3-1-11-27-16)17-6-5-15(13-21-17)23-7-9-24(10-8-23)20(26)18-4-2-12-28-18/h1-6,11-13H,7-10,14H2,(H,22,25). The van der Waals surface area contributed by atoms with Crippen LogP contribution < -0.4 is 10.2 Å². The highest BCUT2D eigenvalue weighted by molar-refractivity contribution is 5.92. The summed E-state index contributed by atoms with van der Waals surface area (Å²) in [7, 11) is 0. The number of furan rings is 2. The lowest BCUT2D eigenvalue weighted by molar-refractivity contribution is 0.0714. The number of hydrogen-bond donors (Lipinski definition) is 1. The minimum atomic E-state index is -0.253. The van der Waals surface area contributed by atoms with Gasteiger partial charge in [0.25, 0.3) is 11.8 Å². The van der Waals surface area contributed by atoms with E-state index in [2.05, 4.69) is 15.2 Å². The minimum Gasteiger partial charge on any atom is -0.467 e. The molecule has 0 aromatic carbocycles. The van der Waals surface area contributed by atoms with Gasteiger partial charge in [-0.3, -0.25) is 9.59 Å². The van der Waals surface area contributed by atoms with E-state index in [4.69, 9.17) is 8.83 Å². The Morgan fingerprint density at radius 2 is 1.79 bits per heavy atom. The molecule has 0 atom stereocenters. The maximum absolute atomic E-state index is 12.3. The van der Waals surface area contributed by atoms with Crippen molar-refractivity contribution in [3.05, 3.63) is 72.3 Å². The molecule has 0 saturated carbocycles. The highest BCUT2D eigenvalue weighted by atomic mass is 16.3. The van der Waals surface area contributed by atoms with Crippen molar-refractivity contribution < 1.29 is 18.4 Å². The fraction of sp³-hybridized carbons (Fsp3) is 0.250. The Hall–Kier alpha value is -3.55. The van der Waals surface area contributed by atoms with Gasteiger partial charge >= 0.3 is 0 Å². The van der Waals surface area contributed by atoms with Crippen LogP contribution in [0, 0.1) is 0 Å². The second-order valence-electron chi connectivity index (χ2n) is 6.42. The fourth-order valence-electron chi connectivity index (χ4n) is 3.10. The summed E-state index contributed by atoms with van der Waals surface area (Å²) in [5, 5.41) is 2.77. The molecule has 1 saturated heterocycles. The molecule has 2 amide bonds. The Morgan fingerprint density at radius 1 is 1.00 bits per heavy atom. The Labute approximate surface area is 161 Å². The topological polar surface area (TPSA) is 91.8 Å². The van der Waals surface area contributed by atoms with E-state index in [9.17, 15) is 9.59 Å². The molecule has 1 N–H and O–H groups in total. The van der Waals surface area contributed by atoms with Gasteiger partial charge in [0, 0.05) is 26.2 Å². The number of carbonyl (C=O) groups excluding carboxylic acids is 2.